The van der Waals surface area contributed by atoms with Crippen molar-refractivity contribution in [3.05, 3.63) is 0 Å². The molecule has 0 aromatic carbocycles. The van der Waals surface area contributed by atoms with Crippen LogP contribution in [0.5, 0.6) is 0 Å². The molecule has 0 aromatic heterocycles. The van der Waals surface area contributed by atoms with E-state index in [0.717, 1.165) is 13.0 Å². The van der Waals surface area contributed by atoms with Gasteiger partial charge in [-0.15, -0.1) is 0 Å². The van der Waals surface area contributed by atoms with Crippen LogP contribution in [0.1, 0.15) is 6.42 Å². The zero-order valence-corrected chi connectivity index (χ0v) is 5.27. The Morgan fingerprint density at radius 1 is 1.89 bits per heavy atom. The van der Waals surface area contributed by atoms with Gasteiger partial charge in [0.25, 0.3) is 5.91 Å². The van der Waals surface area contributed by atoms with E-state index in [1.54, 1.807) is 7.05 Å². The molecule has 0 bridgehead atoms. The summed E-state index contributed by atoms with van der Waals surface area (Å²) in [6, 6.07) is 0. The molecular weight excluding hydrogens is 118 g/mol. The number of rotatable bonds is 1. The third-order valence-electron chi connectivity index (χ3n) is 1.18. The van der Waals surface area contributed by atoms with Crippen molar-refractivity contribution in [2.45, 2.75) is 6.42 Å². The van der Waals surface area contributed by atoms with Crippen molar-refractivity contribution >= 4 is 11.6 Å². The van der Waals surface area contributed by atoms with Gasteiger partial charge in [-0.1, -0.05) is 0 Å². The quantitative estimate of drug-likeness (QED) is 0.478. The molecule has 50 valence electrons. The van der Waals surface area contributed by atoms with Crippen LogP contribution in [0, 0.1) is 0 Å². The molecule has 0 saturated carbocycles. The van der Waals surface area contributed by atoms with Crippen molar-refractivity contribution in [2.75, 3.05) is 13.6 Å². The first-order chi connectivity index (χ1) is 4.34. The first-order valence-corrected chi connectivity index (χ1v) is 2.86. The molecule has 0 atom stereocenters. The van der Waals surface area contributed by atoms with Crippen molar-refractivity contribution in [3.8, 4) is 0 Å². The molecule has 1 aliphatic rings. The van der Waals surface area contributed by atoms with Gasteiger partial charge >= 0.3 is 0 Å². The molecule has 4 nitrogen and oxygen atoms in total. The van der Waals surface area contributed by atoms with Gasteiger partial charge in [-0.25, -0.2) is 0 Å². The van der Waals surface area contributed by atoms with Gasteiger partial charge in [0.2, 0.25) is 0 Å². The van der Waals surface area contributed by atoms with Gasteiger partial charge in [-0.3, -0.25) is 4.79 Å². The SMILES string of the molecule is CNC(=O)C1=NNCC1. The molecule has 1 rings (SSSR count). The fraction of sp³-hybridized carbons (Fsp3) is 0.600. The van der Waals surface area contributed by atoms with Crippen LogP contribution < -0.4 is 10.7 Å². The summed E-state index contributed by atoms with van der Waals surface area (Å²) in [5.74, 6) is -0.0833. The average Bonchev–Trinajstić information content (AvgIpc) is 2.37. The zero-order valence-electron chi connectivity index (χ0n) is 5.27. The molecule has 1 amide bonds. The summed E-state index contributed by atoms with van der Waals surface area (Å²) < 4.78 is 0. The van der Waals surface area contributed by atoms with Crippen molar-refractivity contribution in [1.29, 1.82) is 0 Å². The normalized spacial score (nSPS) is 16.3. The third kappa shape index (κ3) is 1.19. The number of hydrogen-bond acceptors (Lipinski definition) is 3. The molecule has 4 heteroatoms. The molecule has 2 N–H and O–H groups in total. The van der Waals surface area contributed by atoms with E-state index >= 15 is 0 Å². The van der Waals surface area contributed by atoms with E-state index < -0.39 is 0 Å². The Morgan fingerprint density at radius 3 is 3.11 bits per heavy atom. The Kier molecular flexibility index (Phi) is 1.67. The largest absolute Gasteiger partial charge is 0.354 e. The number of hydrazone groups is 1. The van der Waals surface area contributed by atoms with Gasteiger partial charge < -0.3 is 10.7 Å². The minimum atomic E-state index is -0.0833. The Bertz CT molecular complexity index is 152. The summed E-state index contributed by atoms with van der Waals surface area (Å²) in [6.07, 6.45) is 0.736. The predicted octanol–water partition coefficient (Wildman–Crippen LogP) is -0.918. The highest BCUT2D eigenvalue weighted by molar-refractivity contribution is 6.39. The van der Waals surface area contributed by atoms with E-state index in [4.69, 9.17) is 0 Å². The Morgan fingerprint density at radius 2 is 2.67 bits per heavy atom. The average molecular weight is 127 g/mol. The molecular formula is C5H9N3O. The predicted molar refractivity (Wildman–Crippen MR) is 34.1 cm³/mol. The lowest BCUT2D eigenvalue weighted by Gasteiger charge is -1.92. The highest BCUT2D eigenvalue weighted by Crippen LogP contribution is 1.91. The van der Waals surface area contributed by atoms with E-state index in [0.29, 0.717) is 5.71 Å². The molecule has 0 aromatic rings. The van der Waals surface area contributed by atoms with E-state index in [1.165, 1.54) is 0 Å². The van der Waals surface area contributed by atoms with Crippen molar-refractivity contribution in [1.82, 2.24) is 10.7 Å². The molecule has 0 spiro atoms. The Balaban J connectivity index is 2.51. The van der Waals surface area contributed by atoms with Crippen LogP contribution in [0.4, 0.5) is 0 Å². The third-order valence-corrected chi connectivity index (χ3v) is 1.18. The van der Waals surface area contributed by atoms with Crippen LogP contribution in [0.25, 0.3) is 0 Å². The van der Waals surface area contributed by atoms with Crippen LogP contribution in [0.2, 0.25) is 0 Å². The summed E-state index contributed by atoms with van der Waals surface area (Å²) in [5, 5.41) is 6.26. The van der Waals surface area contributed by atoms with Crippen LogP contribution in [0.15, 0.2) is 5.10 Å². The smallest absolute Gasteiger partial charge is 0.267 e. The topological polar surface area (TPSA) is 53.5 Å². The van der Waals surface area contributed by atoms with E-state index in [9.17, 15) is 4.79 Å². The Labute approximate surface area is 53.3 Å². The van der Waals surface area contributed by atoms with Crippen molar-refractivity contribution in [2.24, 2.45) is 5.10 Å². The van der Waals surface area contributed by atoms with Crippen LogP contribution in [-0.2, 0) is 4.79 Å². The number of carbonyl (C=O) groups excluding carboxylic acids is 1. The minimum absolute atomic E-state index is 0.0833. The summed E-state index contributed by atoms with van der Waals surface area (Å²) in [5.41, 5.74) is 3.31. The maximum atomic E-state index is 10.7. The molecule has 0 saturated heterocycles. The summed E-state index contributed by atoms with van der Waals surface area (Å²) in [7, 11) is 1.60. The number of nitrogens with one attached hydrogen (secondary N) is 2. The standard InChI is InChI=1S/C5H9N3O/c1-6-5(9)4-2-3-7-8-4/h7H,2-3H2,1H3,(H,6,9). The van der Waals surface area contributed by atoms with E-state index in [1.807, 2.05) is 0 Å². The summed E-state index contributed by atoms with van der Waals surface area (Å²) in [4.78, 5) is 10.7. The van der Waals surface area contributed by atoms with E-state index in [-0.39, 0.29) is 5.91 Å². The maximum Gasteiger partial charge on any atom is 0.267 e. The number of carbonyl (C=O) groups is 1. The highest BCUT2D eigenvalue weighted by atomic mass is 16.1. The molecule has 0 fully saturated rings. The van der Waals surface area contributed by atoms with Crippen molar-refractivity contribution in [3.63, 3.8) is 0 Å². The first kappa shape index (κ1) is 6.07. The summed E-state index contributed by atoms with van der Waals surface area (Å²) in [6.45, 7) is 0.781. The zero-order chi connectivity index (χ0) is 6.69. The number of hydrogen-bond donors (Lipinski definition) is 2. The number of amides is 1. The van der Waals surface area contributed by atoms with Gasteiger partial charge in [0.1, 0.15) is 5.71 Å². The monoisotopic (exact) mass is 127 g/mol. The van der Waals surface area contributed by atoms with Crippen LogP contribution >= 0.6 is 0 Å². The molecule has 1 heterocycles. The molecule has 0 aliphatic carbocycles. The molecule has 9 heavy (non-hydrogen) atoms. The summed E-state index contributed by atoms with van der Waals surface area (Å²) >= 11 is 0. The maximum absolute atomic E-state index is 10.7. The van der Waals surface area contributed by atoms with Gasteiger partial charge in [-0.05, 0) is 0 Å². The lowest BCUT2D eigenvalue weighted by Crippen LogP contribution is -2.26. The van der Waals surface area contributed by atoms with Gasteiger partial charge in [-0.2, -0.15) is 5.10 Å². The Hall–Kier alpha value is -1.06. The first-order valence-electron chi connectivity index (χ1n) is 2.86. The van der Waals surface area contributed by atoms with E-state index in [2.05, 4.69) is 15.8 Å². The second-order valence-corrected chi connectivity index (χ2v) is 1.80. The second kappa shape index (κ2) is 2.48. The lowest BCUT2D eigenvalue weighted by atomic mass is 10.3. The number of nitrogens with zero attached hydrogens (tertiary/aromatic N) is 1. The highest BCUT2D eigenvalue weighted by Gasteiger charge is 2.12. The van der Waals surface area contributed by atoms with Crippen LogP contribution in [-0.4, -0.2) is 25.2 Å². The minimum Gasteiger partial charge on any atom is -0.354 e. The molecule has 0 radical (unpaired) electrons. The fourth-order valence-corrected chi connectivity index (χ4v) is 0.690. The lowest BCUT2D eigenvalue weighted by molar-refractivity contribution is -0.114. The van der Waals surface area contributed by atoms with Gasteiger partial charge in [0, 0.05) is 20.0 Å². The molecule has 0 unspecified atom stereocenters. The second-order valence-electron chi connectivity index (χ2n) is 1.80. The molecule has 1 aliphatic heterocycles. The van der Waals surface area contributed by atoms with Gasteiger partial charge in [0.15, 0.2) is 0 Å². The van der Waals surface area contributed by atoms with Crippen molar-refractivity contribution < 1.29 is 4.79 Å². The van der Waals surface area contributed by atoms with Crippen LogP contribution in [0.3, 0.4) is 0 Å². The fourth-order valence-electron chi connectivity index (χ4n) is 0.690. The van der Waals surface area contributed by atoms with Gasteiger partial charge in [0.05, 0.1) is 0 Å².